The number of amides is 1. The van der Waals surface area contributed by atoms with Gasteiger partial charge in [-0.3, -0.25) is 9.69 Å². The van der Waals surface area contributed by atoms with E-state index in [0.29, 0.717) is 31.1 Å². The average molecular weight is 394 g/mol. The van der Waals surface area contributed by atoms with Gasteiger partial charge in [0.1, 0.15) is 0 Å². The number of carbonyl (C=O) groups excluding carboxylic acids is 1. The van der Waals surface area contributed by atoms with Gasteiger partial charge >= 0.3 is 0 Å². The standard InChI is InChI=1S/C20H31N3O3S/c1-15(19(24)21-20(2,3)4)22-10-12-23(13-11-22)27(25,26)18-9-8-16-6-5-7-17(16)14-18/h8-9,14-15H,5-7,10-13H2,1-4H3,(H,21,24)/t15-/m0/s1. The van der Waals surface area contributed by atoms with Gasteiger partial charge in [0.25, 0.3) is 0 Å². The Hall–Kier alpha value is -1.44. The molecule has 1 fully saturated rings. The number of nitrogens with zero attached hydrogens (tertiary/aromatic N) is 2. The molecule has 1 aliphatic carbocycles. The van der Waals surface area contributed by atoms with E-state index in [1.807, 2.05) is 39.8 Å². The number of hydrogen-bond acceptors (Lipinski definition) is 4. The van der Waals surface area contributed by atoms with Crippen molar-refractivity contribution in [1.29, 1.82) is 0 Å². The van der Waals surface area contributed by atoms with Crippen LogP contribution in [0.4, 0.5) is 0 Å². The predicted octanol–water partition coefficient (Wildman–Crippen LogP) is 1.78. The molecule has 1 aromatic rings. The third-order valence-corrected chi connectivity index (χ3v) is 7.30. The van der Waals surface area contributed by atoms with Crippen LogP contribution in [0.2, 0.25) is 0 Å². The number of benzene rings is 1. The Balaban J connectivity index is 1.64. The van der Waals surface area contributed by atoms with Gasteiger partial charge in [-0.1, -0.05) is 6.07 Å². The van der Waals surface area contributed by atoms with Crippen molar-refractivity contribution in [3.8, 4) is 0 Å². The summed E-state index contributed by atoms with van der Waals surface area (Å²) in [7, 11) is -3.48. The van der Waals surface area contributed by atoms with Crippen LogP contribution < -0.4 is 5.32 Å². The van der Waals surface area contributed by atoms with Crippen molar-refractivity contribution >= 4 is 15.9 Å². The summed E-state index contributed by atoms with van der Waals surface area (Å²) in [6.45, 7) is 9.69. The summed E-state index contributed by atoms with van der Waals surface area (Å²) in [5.41, 5.74) is 2.17. The molecule has 0 bridgehead atoms. The number of hydrogen-bond donors (Lipinski definition) is 1. The Kier molecular flexibility index (Phi) is 5.66. The summed E-state index contributed by atoms with van der Waals surface area (Å²) in [6, 6.07) is 5.29. The second-order valence-electron chi connectivity index (χ2n) is 8.64. The van der Waals surface area contributed by atoms with Crippen molar-refractivity contribution < 1.29 is 13.2 Å². The Bertz CT molecular complexity index is 806. The number of piperazine rings is 1. The Morgan fingerprint density at radius 1 is 1.07 bits per heavy atom. The van der Waals surface area contributed by atoms with E-state index in [2.05, 4.69) is 10.2 Å². The zero-order chi connectivity index (χ0) is 19.8. The van der Waals surface area contributed by atoms with E-state index in [9.17, 15) is 13.2 Å². The predicted molar refractivity (Wildman–Crippen MR) is 106 cm³/mol. The maximum Gasteiger partial charge on any atom is 0.243 e. The van der Waals surface area contributed by atoms with E-state index in [0.717, 1.165) is 19.3 Å². The quantitative estimate of drug-likeness (QED) is 0.847. The summed E-state index contributed by atoms with van der Waals surface area (Å²) in [6.07, 6.45) is 3.11. The number of sulfonamides is 1. The third kappa shape index (κ3) is 4.52. The maximum absolute atomic E-state index is 13.0. The van der Waals surface area contributed by atoms with Crippen LogP contribution >= 0.6 is 0 Å². The molecular weight excluding hydrogens is 362 g/mol. The van der Waals surface area contributed by atoms with Crippen molar-refractivity contribution in [3.05, 3.63) is 29.3 Å². The van der Waals surface area contributed by atoms with Crippen molar-refractivity contribution in [2.75, 3.05) is 26.2 Å². The number of rotatable bonds is 4. The summed E-state index contributed by atoms with van der Waals surface area (Å²) in [5.74, 6) is -0.0163. The molecule has 1 aliphatic heterocycles. The SMILES string of the molecule is C[C@@H](C(=O)NC(C)(C)C)N1CCN(S(=O)(=O)c2ccc3c(c2)CCC3)CC1. The van der Waals surface area contributed by atoms with Crippen LogP contribution in [0.25, 0.3) is 0 Å². The van der Waals surface area contributed by atoms with Crippen LogP contribution in [-0.2, 0) is 27.7 Å². The molecule has 0 aromatic heterocycles. The largest absolute Gasteiger partial charge is 0.350 e. The van der Waals surface area contributed by atoms with E-state index in [1.165, 1.54) is 11.1 Å². The average Bonchev–Trinajstić information content (AvgIpc) is 3.07. The molecule has 0 saturated carbocycles. The van der Waals surface area contributed by atoms with E-state index >= 15 is 0 Å². The Labute approximate surface area is 163 Å². The first kappa shape index (κ1) is 20.3. The van der Waals surface area contributed by atoms with Gasteiger partial charge in [-0.05, 0) is 70.2 Å². The van der Waals surface area contributed by atoms with Gasteiger partial charge < -0.3 is 5.32 Å². The van der Waals surface area contributed by atoms with Crippen molar-refractivity contribution in [2.24, 2.45) is 0 Å². The Morgan fingerprint density at radius 2 is 1.70 bits per heavy atom. The molecule has 1 aromatic carbocycles. The summed E-state index contributed by atoms with van der Waals surface area (Å²) < 4.78 is 27.6. The second kappa shape index (κ2) is 7.53. The molecule has 0 spiro atoms. The molecule has 150 valence electrons. The molecule has 2 aliphatic rings. The first-order chi connectivity index (χ1) is 12.6. The minimum Gasteiger partial charge on any atom is -0.350 e. The molecule has 0 unspecified atom stereocenters. The van der Waals surface area contributed by atoms with Crippen LogP contribution in [0.3, 0.4) is 0 Å². The lowest BCUT2D eigenvalue weighted by Gasteiger charge is -2.37. The minimum atomic E-state index is -3.48. The number of fused-ring (bicyclic) bond motifs is 1. The van der Waals surface area contributed by atoms with Gasteiger partial charge in [-0.2, -0.15) is 4.31 Å². The van der Waals surface area contributed by atoms with Gasteiger partial charge in [-0.15, -0.1) is 0 Å². The molecule has 1 saturated heterocycles. The second-order valence-corrected chi connectivity index (χ2v) is 10.6. The molecular formula is C20H31N3O3S. The number of nitrogens with one attached hydrogen (secondary N) is 1. The lowest BCUT2D eigenvalue weighted by molar-refractivity contribution is -0.127. The Morgan fingerprint density at radius 3 is 2.33 bits per heavy atom. The highest BCUT2D eigenvalue weighted by Crippen LogP contribution is 2.27. The smallest absolute Gasteiger partial charge is 0.243 e. The lowest BCUT2D eigenvalue weighted by Crippen LogP contribution is -2.56. The molecule has 6 nitrogen and oxygen atoms in total. The van der Waals surface area contributed by atoms with Gasteiger partial charge in [0, 0.05) is 31.7 Å². The van der Waals surface area contributed by atoms with E-state index < -0.39 is 10.0 Å². The van der Waals surface area contributed by atoms with Gasteiger partial charge in [-0.25, -0.2) is 8.42 Å². The molecule has 1 amide bonds. The van der Waals surface area contributed by atoms with E-state index in [1.54, 1.807) is 10.4 Å². The van der Waals surface area contributed by atoms with E-state index in [4.69, 9.17) is 0 Å². The first-order valence-corrected chi connectivity index (χ1v) is 11.2. The zero-order valence-electron chi connectivity index (χ0n) is 16.8. The summed E-state index contributed by atoms with van der Waals surface area (Å²) in [4.78, 5) is 14.8. The number of carbonyl (C=O) groups is 1. The normalized spacial score (nSPS) is 20.3. The molecule has 27 heavy (non-hydrogen) atoms. The molecule has 7 heteroatoms. The first-order valence-electron chi connectivity index (χ1n) is 9.76. The van der Waals surface area contributed by atoms with E-state index in [-0.39, 0.29) is 17.5 Å². The van der Waals surface area contributed by atoms with Crippen molar-refractivity contribution in [3.63, 3.8) is 0 Å². The monoisotopic (exact) mass is 393 g/mol. The van der Waals surface area contributed by atoms with Crippen molar-refractivity contribution in [1.82, 2.24) is 14.5 Å². The fourth-order valence-electron chi connectivity index (χ4n) is 3.83. The third-order valence-electron chi connectivity index (χ3n) is 5.41. The van der Waals surface area contributed by atoms with Crippen LogP contribution in [-0.4, -0.2) is 61.3 Å². The van der Waals surface area contributed by atoms with Crippen LogP contribution in [0.1, 0.15) is 45.2 Å². The van der Waals surface area contributed by atoms with Crippen LogP contribution in [0.15, 0.2) is 23.1 Å². The highest BCUT2D eigenvalue weighted by Gasteiger charge is 2.33. The number of aryl methyl sites for hydroxylation is 2. The zero-order valence-corrected chi connectivity index (χ0v) is 17.6. The topological polar surface area (TPSA) is 69.7 Å². The summed E-state index contributed by atoms with van der Waals surface area (Å²) in [5, 5.41) is 2.99. The van der Waals surface area contributed by atoms with Crippen LogP contribution in [0, 0.1) is 0 Å². The molecule has 1 N–H and O–H groups in total. The van der Waals surface area contributed by atoms with Gasteiger partial charge in [0.2, 0.25) is 15.9 Å². The molecule has 1 atom stereocenters. The highest BCUT2D eigenvalue weighted by molar-refractivity contribution is 7.89. The fourth-order valence-corrected chi connectivity index (χ4v) is 5.30. The fraction of sp³-hybridized carbons (Fsp3) is 0.650. The maximum atomic E-state index is 13.0. The van der Waals surface area contributed by atoms with Crippen LogP contribution in [0.5, 0.6) is 0 Å². The van der Waals surface area contributed by atoms with Gasteiger partial charge in [0.15, 0.2) is 0 Å². The minimum absolute atomic E-state index is 0.0163. The molecule has 0 radical (unpaired) electrons. The van der Waals surface area contributed by atoms with Gasteiger partial charge in [0.05, 0.1) is 10.9 Å². The molecule has 3 rings (SSSR count). The highest BCUT2D eigenvalue weighted by atomic mass is 32.2. The molecule has 1 heterocycles. The summed E-state index contributed by atoms with van der Waals surface area (Å²) >= 11 is 0. The lowest BCUT2D eigenvalue weighted by atomic mass is 10.1. The van der Waals surface area contributed by atoms with Crippen molar-refractivity contribution in [2.45, 2.75) is 63.4 Å².